The summed E-state index contributed by atoms with van der Waals surface area (Å²) in [6.07, 6.45) is 5.93. The Labute approximate surface area is 123 Å². The van der Waals surface area contributed by atoms with Crippen molar-refractivity contribution in [2.45, 2.75) is 30.6 Å². The van der Waals surface area contributed by atoms with Crippen LogP contribution >= 0.6 is 11.8 Å². The number of nitrogens with one attached hydrogen (secondary N) is 1. The lowest BCUT2D eigenvalue weighted by molar-refractivity contribution is 0.0595. The Balaban J connectivity index is 1.90. The quantitative estimate of drug-likeness (QED) is 0.819. The van der Waals surface area contributed by atoms with E-state index in [9.17, 15) is 9.18 Å². The van der Waals surface area contributed by atoms with E-state index in [0.717, 1.165) is 12.1 Å². The summed E-state index contributed by atoms with van der Waals surface area (Å²) in [4.78, 5) is 11.3. The molecular weight excluding hydrogens is 277 g/mol. The Morgan fingerprint density at radius 1 is 1.50 bits per heavy atom. The molecule has 0 aromatic heterocycles. The van der Waals surface area contributed by atoms with Gasteiger partial charge in [0.1, 0.15) is 5.82 Å². The van der Waals surface area contributed by atoms with Crippen molar-refractivity contribution in [2.24, 2.45) is 0 Å². The molecule has 0 saturated heterocycles. The molecule has 110 valence electrons. The van der Waals surface area contributed by atoms with Gasteiger partial charge in [0.25, 0.3) is 0 Å². The average Bonchev–Trinajstić information content (AvgIpc) is 2.41. The van der Waals surface area contributed by atoms with Crippen molar-refractivity contribution in [2.75, 3.05) is 19.9 Å². The van der Waals surface area contributed by atoms with Crippen molar-refractivity contribution in [3.63, 3.8) is 0 Å². The van der Waals surface area contributed by atoms with Gasteiger partial charge < -0.3 is 10.1 Å². The molecule has 1 N–H and O–H groups in total. The van der Waals surface area contributed by atoms with Crippen LogP contribution in [0, 0.1) is 5.82 Å². The average molecular weight is 297 g/mol. The first-order valence-corrected chi connectivity index (χ1v) is 7.95. The van der Waals surface area contributed by atoms with Crippen molar-refractivity contribution < 1.29 is 13.9 Å². The molecule has 0 aliphatic heterocycles. The smallest absolute Gasteiger partial charge is 0.340 e. The third-order valence-corrected chi connectivity index (χ3v) is 5.33. The fourth-order valence-corrected chi connectivity index (χ4v) is 3.35. The molecule has 0 unspecified atom stereocenters. The fourth-order valence-electron chi connectivity index (χ4n) is 2.40. The summed E-state index contributed by atoms with van der Waals surface area (Å²) in [6, 6.07) is 4.63. The SMILES string of the molecule is COC(=O)c1ccc(CNCC2(SC)CCC2)cc1F. The van der Waals surface area contributed by atoms with Crippen LogP contribution in [0.4, 0.5) is 4.39 Å². The summed E-state index contributed by atoms with van der Waals surface area (Å²) in [5.41, 5.74) is 0.821. The Morgan fingerprint density at radius 3 is 2.75 bits per heavy atom. The summed E-state index contributed by atoms with van der Waals surface area (Å²) < 4.78 is 18.6. The molecule has 3 nitrogen and oxygen atoms in total. The van der Waals surface area contributed by atoms with E-state index >= 15 is 0 Å². The third kappa shape index (κ3) is 3.33. The van der Waals surface area contributed by atoms with Gasteiger partial charge in [-0.15, -0.1) is 0 Å². The first-order chi connectivity index (χ1) is 9.60. The largest absolute Gasteiger partial charge is 0.465 e. The monoisotopic (exact) mass is 297 g/mol. The van der Waals surface area contributed by atoms with Crippen LogP contribution in [-0.4, -0.2) is 30.6 Å². The van der Waals surface area contributed by atoms with Crippen LogP contribution in [0.5, 0.6) is 0 Å². The second-order valence-electron chi connectivity index (χ2n) is 5.15. The Morgan fingerprint density at radius 2 is 2.25 bits per heavy atom. The van der Waals surface area contributed by atoms with Crippen LogP contribution < -0.4 is 5.32 Å². The number of hydrogen-bond donors (Lipinski definition) is 1. The first kappa shape index (κ1) is 15.3. The Hall–Kier alpha value is -1.07. The standard InChI is InChI=1S/C15H20FNO2S/c1-19-14(18)12-5-4-11(8-13(12)16)9-17-10-15(20-2)6-3-7-15/h4-5,8,17H,3,6-7,9-10H2,1-2H3. The van der Waals surface area contributed by atoms with E-state index in [1.54, 1.807) is 6.07 Å². The van der Waals surface area contributed by atoms with Gasteiger partial charge in [-0.05, 0) is 36.8 Å². The first-order valence-electron chi connectivity index (χ1n) is 6.73. The van der Waals surface area contributed by atoms with Gasteiger partial charge in [0.15, 0.2) is 0 Å². The Kier molecular flexibility index (Phi) is 5.05. The number of esters is 1. The predicted molar refractivity (Wildman–Crippen MR) is 79.5 cm³/mol. The maximum Gasteiger partial charge on any atom is 0.340 e. The summed E-state index contributed by atoms with van der Waals surface area (Å²) in [7, 11) is 1.25. The van der Waals surface area contributed by atoms with Gasteiger partial charge in [0.05, 0.1) is 12.7 Å². The van der Waals surface area contributed by atoms with E-state index in [1.807, 2.05) is 11.8 Å². The normalized spacial score (nSPS) is 16.6. The number of carbonyl (C=O) groups excluding carboxylic acids is 1. The number of thioether (sulfide) groups is 1. The van der Waals surface area contributed by atoms with Crippen LogP contribution in [0.25, 0.3) is 0 Å². The van der Waals surface area contributed by atoms with Gasteiger partial charge in [-0.3, -0.25) is 0 Å². The minimum atomic E-state index is -0.641. The van der Waals surface area contributed by atoms with E-state index in [1.165, 1.54) is 38.5 Å². The highest BCUT2D eigenvalue weighted by atomic mass is 32.2. The van der Waals surface area contributed by atoms with Crippen molar-refractivity contribution in [1.29, 1.82) is 0 Å². The van der Waals surface area contributed by atoms with E-state index < -0.39 is 11.8 Å². The van der Waals surface area contributed by atoms with Crippen LogP contribution in [0.1, 0.15) is 35.2 Å². The maximum atomic E-state index is 13.8. The molecule has 0 amide bonds. The number of ether oxygens (including phenoxy) is 1. The van der Waals surface area contributed by atoms with Crippen LogP contribution in [-0.2, 0) is 11.3 Å². The van der Waals surface area contributed by atoms with Crippen LogP contribution in [0.2, 0.25) is 0 Å². The lowest BCUT2D eigenvalue weighted by Gasteiger charge is -2.40. The van der Waals surface area contributed by atoms with Crippen molar-refractivity contribution in [3.8, 4) is 0 Å². The van der Waals surface area contributed by atoms with Crippen molar-refractivity contribution >= 4 is 17.7 Å². The lowest BCUT2D eigenvalue weighted by atomic mass is 9.84. The topological polar surface area (TPSA) is 38.3 Å². The van der Waals surface area contributed by atoms with Gasteiger partial charge >= 0.3 is 5.97 Å². The zero-order valence-corrected chi connectivity index (χ0v) is 12.7. The summed E-state index contributed by atoms with van der Waals surface area (Å²) in [5.74, 6) is -1.17. The molecule has 0 atom stereocenters. The molecule has 1 aliphatic carbocycles. The van der Waals surface area contributed by atoms with Crippen LogP contribution in [0.3, 0.4) is 0 Å². The number of methoxy groups -OCH3 is 1. The molecule has 20 heavy (non-hydrogen) atoms. The molecular formula is C15H20FNO2S. The minimum Gasteiger partial charge on any atom is -0.465 e. The third-order valence-electron chi connectivity index (χ3n) is 3.91. The zero-order valence-electron chi connectivity index (χ0n) is 11.9. The molecule has 0 heterocycles. The number of rotatable bonds is 6. The molecule has 0 bridgehead atoms. The highest BCUT2D eigenvalue weighted by molar-refractivity contribution is 8.00. The summed E-state index contributed by atoms with van der Waals surface area (Å²) in [6.45, 7) is 1.55. The molecule has 2 rings (SSSR count). The molecule has 1 aromatic rings. The molecule has 5 heteroatoms. The molecule has 1 fully saturated rings. The number of halogens is 1. The molecule has 1 saturated carbocycles. The van der Waals surface area contributed by atoms with Crippen molar-refractivity contribution in [1.82, 2.24) is 5.32 Å². The van der Waals surface area contributed by atoms with E-state index in [2.05, 4.69) is 16.3 Å². The summed E-state index contributed by atoms with van der Waals surface area (Å²) in [5, 5.41) is 3.38. The van der Waals surface area contributed by atoms with Gasteiger partial charge in [-0.2, -0.15) is 11.8 Å². The number of carbonyl (C=O) groups is 1. The molecule has 1 aliphatic rings. The fraction of sp³-hybridized carbons (Fsp3) is 0.533. The van der Waals surface area contributed by atoms with Crippen molar-refractivity contribution in [3.05, 3.63) is 35.1 Å². The second kappa shape index (κ2) is 6.59. The predicted octanol–water partition coefficient (Wildman–Crippen LogP) is 2.99. The maximum absolute atomic E-state index is 13.8. The highest BCUT2D eigenvalue weighted by Crippen LogP contribution is 2.42. The molecule has 1 aromatic carbocycles. The number of hydrogen-bond acceptors (Lipinski definition) is 4. The Bertz CT molecular complexity index is 483. The molecule has 0 spiro atoms. The lowest BCUT2D eigenvalue weighted by Crippen LogP contribution is -2.43. The minimum absolute atomic E-state index is 0.0178. The van der Waals surface area contributed by atoms with E-state index in [4.69, 9.17) is 0 Å². The molecule has 0 radical (unpaired) electrons. The van der Waals surface area contributed by atoms with Crippen LogP contribution in [0.15, 0.2) is 18.2 Å². The van der Waals surface area contributed by atoms with Gasteiger partial charge in [0.2, 0.25) is 0 Å². The van der Waals surface area contributed by atoms with Gasteiger partial charge in [-0.25, -0.2) is 9.18 Å². The van der Waals surface area contributed by atoms with E-state index in [0.29, 0.717) is 11.3 Å². The number of benzene rings is 1. The zero-order chi connectivity index (χ0) is 14.6. The second-order valence-corrected chi connectivity index (χ2v) is 6.42. The van der Waals surface area contributed by atoms with E-state index in [-0.39, 0.29) is 5.56 Å². The summed E-state index contributed by atoms with van der Waals surface area (Å²) >= 11 is 1.91. The highest BCUT2D eigenvalue weighted by Gasteiger charge is 2.35. The van der Waals surface area contributed by atoms with Gasteiger partial charge in [0, 0.05) is 17.8 Å². The van der Waals surface area contributed by atoms with Gasteiger partial charge in [-0.1, -0.05) is 12.5 Å².